The highest BCUT2D eigenvalue weighted by molar-refractivity contribution is 4.86. The molecular formula is C9H18O. The summed E-state index contributed by atoms with van der Waals surface area (Å²) in [6.45, 7) is 7.85. The summed E-state index contributed by atoms with van der Waals surface area (Å²) in [6, 6.07) is 0. The molecule has 1 fully saturated rings. The first-order chi connectivity index (χ1) is 4.67. The van der Waals surface area contributed by atoms with Crippen LogP contribution in [0.1, 0.15) is 40.0 Å². The number of epoxide rings is 1. The fourth-order valence-corrected chi connectivity index (χ4v) is 1.29. The molecule has 1 unspecified atom stereocenters. The predicted molar refractivity (Wildman–Crippen MR) is 43.0 cm³/mol. The van der Waals surface area contributed by atoms with Crippen LogP contribution in [0.25, 0.3) is 0 Å². The van der Waals surface area contributed by atoms with Crippen molar-refractivity contribution < 1.29 is 4.74 Å². The summed E-state index contributed by atoms with van der Waals surface area (Å²) in [4.78, 5) is 0. The van der Waals surface area contributed by atoms with Crippen LogP contribution in [0.15, 0.2) is 0 Å². The van der Waals surface area contributed by atoms with Crippen LogP contribution in [0.2, 0.25) is 0 Å². The molecule has 1 heteroatoms. The minimum absolute atomic E-state index is 0.440. The van der Waals surface area contributed by atoms with Gasteiger partial charge in [0, 0.05) is 0 Å². The van der Waals surface area contributed by atoms with Crippen molar-refractivity contribution >= 4 is 0 Å². The molecule has 1 rings (SSSR count). The highest BCUT2D eigenvalue weighted by Crippen LogP contribution is 2.36. The van der Waals surface area contributed by atoms with Crippen LogP contribution in [0.3, 0.4) is 0 Å². The smallest absolute Gasteiger partial charge is 0.0860 e. The molecule has 0 N–H and O–H groups in total. The first-order valence-corrected chi connectivity index (χ1v) is 4.28. The van der Waals surface area contributed by atoms with E-state index >= 15 is 0 Å². The van der Waals surface area contributed by atoms with E-state index in [9.17, 15) is 0 Å². The zero-order valence-electron chi connectivity index (χ0n) is 7.31. The molecule has 0 spiro atoms. The Morgan fingerprint density at radius 2 is 2.10 bits per heavy atom. The van der Waals surface area contributed by atoms with Gasteiger partial charge in [-0.15, -0.1) is 0 Å². The average Bonchev–Trinajstić information content (AvgIpc) is 2.64. The zero-order valence-corrected chi connectivity index (χ0v) is 7.31. The number of hydrogen-bond acceptors (Lipinski definition) is 1. The summed E-state index contributed by atoms with van der Waals surface area (Å²) in [5.74, 6) is 0. The number of hydrogen-bond donors (Lipinski definition) is 0. The van der Waals surface area contributed by atoms with Crippen LogP contribution in [0.5, 0.6) is 0 Å². The van der Waals surface area contributed by atoms with Crippen LogP contribution in [0.4, 0.5) is 0 Å². The molecule has 60 valence electrons. The normalized spacial score (nSPS) is 24.9. The molecule has 0 bridgehead atoms. The minimum Gasteiger partial charge on any atom is -0.373 e. The molecule has 0 aromatic heterocycles. The third-order valence-electron chi connectivity index (χ3n) is 2.38. The van der Waals surface area contributed by atoms with E-state index in [-0.39, 0.29) is 0 Å². The van der Waals surface area contributed by atoms with Gasteiger partial charge in [0.15, 0.2) is 0 Å². The fraction of sp³-hybridized carbons (Fsp3) is 1.00. The van der Waals surface area contributed by atoms with Crippen LogP contribution < -0.4 is 0 Å². The van der Waals surface area contributed by atoms with Crippen molar-refractivity contribution in [3.05, 3.63) is 0 Å². The second-order valence-corrected chi connectivity index (χ2v) is 3.91. The number of rotatable bonds is 4. The van der Waals surface area contributed by atoms with Crippen molar-refractivity contribution in [1.29, 1.82) is 0 Å². The largest absolute Gasteiger partial charge is 0.373 e. The Labute approximate surface area is 63.8 Å². The fourth-order valence-electron chi connectivity index (χ4n) is 1.29. The van der Waals surface area contributed by atoms with Crippen molar-refractivity contribution in [1.82, 2.24) is 0 Å². The molecule has 1 heterocycles. The lowest BCUT2D eigenvalue weighted by Gasteiger charge is -2.21. The molecule has 1 saturated heterocycles. The Kier molecular flexibility index (Phi) is 2.35. The van der Waals surface area contributed by atoms with E-state index in [0.717, 1.165) is 6.61 Å². The van der Waals surface area contributed by atoms with Gasteiger partial charge in [0.25, 0.3) is 0 Å². The summed E-state index contributed by atoms with van der Waals surface area (Å²) in [6.07, 6.45) is 4.52. The SMILES string of the molecule is CCCCC(C)(C)C1CO1. The number of ether oxygens (including phenoxy) is 1. The van der Waals surface area contributed by atoms with Gasteiger partial charge < -0.3 is 4.74 Å². The van der Waals surface area contributed by atoms with Gasteiger partial charge in [-0.25, -0.2) is 0 Å². The van der Waals surface area contributed by atoms with E-state index in [2.05, 4.69) is 20.8 Å². The lowest BCUT2D eigenvalue weighted by molar-refractivity contribution is 0.222. The molecule has 0 amide bonds. The standard InChI is InChI=1S/C9H18O/c1-4-5-6-9(2,3)8-7-10-8/h8H,4-7H2,1-3H3. The van der Waals surface area contributed by atoms with Gasteiger partial charge in [-0.2, -0.15) is 0 Å². The lowest BCUT2D eigenvalue weighted by Crippen LogP contribution is -2.18. The van der Waals surface area contributed by atoms with E-state index in [1.165, 1.54) is 19.3 Å². The second-order valence-electron chi connectivity index (χ2n) is 3.91. The van der Waals surface area contributed by atoms with Gasteiger partial charge >= 0.3 is 0 Å². The Morgan fingerprint density at radius 1 is 1.50 bits per heavy atom. The van der Waals surface area contributed by atoms with E-state index in [4.69, 9.17) is 4.74 Å². The van der Waals surface area contributed by atoms with Gasteiger partial charge in [0.1, 0.15) is 0 Å². The van der Waals surface area contributed by atoms with Crippen molar-refractivity contribution in [3.63, 3.8) is 0 Å². The number of unbranched alkanes of at least 4 members (excludes halogenated alkanes) is 1. The molecular weight excluding hydrogens is 124 g/mol. The average molecular weight is 142 g/mol. The summed E-state index contributed by atoms with van der Waals surface area (Å²) >= 11 is 0. The van der Waals surface area contributed by atoms with Crippen molar-refractivity contribution in [2.24, 2.45) is 5.41 Å². The van der Waals surface area contributed by atoms with Crippen molar-refractivity contribution in [2.45, 2.75) is 46.1 Å². The predicted octanol–water partition coefficient (Wildman–Crippen LogP) is 2.60. The Balaban J connectivity index is 2.20. The van der Waals surface area contributed by atoms with Gasteiger partial charge in [-0.3, -0.25) is 0 Å². The van der Waals surface area contributed by atoms with Crippen molar-refractivity contribution in [2.75, 3.05) is 6.61 Å². The molecule has 1 aliphatic heterocycles. The maximum atomic E-state index is 5.27. The monoisotopic (exact) mass is 142 g/mol. The third-order valence-corrected chi connectivity index (χ3v) is 2.38. The molecule has 0 aromatic rings. The molecule has 0 saturated carbocycles. The maximum Gasteiger partial charge on any atom is 0.0860 e. The Hall–Kier alpha value is -0.0400. The maximum absolute atomic E-state index is 5.27. The molecule has 10 heavy (non-hydrogen) atoms. The lowest BCUT2D eigenvalue weighted by atomic mass is 9.84. The molecule has 0 radical (unpaired) electrons. The first-order valence-electron chi connectivity index (χ1n) is 4.28. The van der Waals surface area contributed by atoms with Gasteiger partial charge in [0.05, 0.1) is 12.7 Å². The van der Waals surface area contributed by atoms with Gasteiger partial charge in [-0.05, 0) is 11.8 Å². The van der Waals surface area contributed by atoms with E-state index in [1.807, 2.05) is 0 Å². The van der Waals surface area contributed by atoms with Crippen LogP contribution in [0, 0.1) is 5.41 Å². The zero-order chi connectivity index (χ0) is 7.61. The quantitative estimate of drug-likeness (QED) is 0.550. The minimum atomic E-state index is 0.440. The highest BCUT2D eigenvalue weighted by Gasteiger charge is 2.38. The van der Waals surface area contributed by atoms with Gasteiger partial charge in [0.2, 0.25) is 0 Å². The van der Waals surface area contributed by atoms with Crippen LogP contribution in [-0.4, -0.2) is 12.7 Å². The molecule has 1 aliphatic rings. The van der Waals surface area contributed by atoms with Crippen molar-refractivity contribution in [3.8, 4) is 0 Å². The topological polar surface area (TPSA) is 12.5 Å². The Morgan fingerprint density at radius 3 is 2.50 bits per heavy atom. The summed E-state index contributed by atoms with van der Waals surface area (Å²) in [5, 5.41) is 0. The molecule has 0 aromatic carbocycles. The van der Waals surface area contributed by atoms with Crippen LogP contribution in [-0.2, 0) is 4.74 Å². The molecule has 1 nitrogen and oxygen atoms in total. The van der Waals surface area contributed by atoms with E-state index < -0.39 is 0 Å². The molecule has 1 atom stereocenters. The summed E-state index contributed by atoms with van der Waals surface area (Å²) in [5.41, 5.74) is 0.440. The first kappa shape index (κ1) is 8.06. The van der Waals surface area contributed by atoms with E-state index in [1.54, 1.807) is 0 Å². The summed E-state index contributed by atoms with van der Waals surface area (Å²) in [7, 11) is 0. The second kappa shape index (κ2) is 2.91. The molecule has 0 aliphatic carbocycles. The third kappa shape index (κ3) is 1.98. The van der Waals surface area contributed by atoms with E-state index in [0.29, 0.717) is 11.5 Å². The summed E-state index contributed by atoms with van der Waals surface area (Å²) < 4.78 is 5.27. The highest BCUT2D eigenvalue weighted by atomic mass is 16.6. The van der Waals surface area contributed by atoms with Crippen LogP contribution >= 0.6 is 0 Å². The van der Waals surface area contributed by atoms with Gasteiger partial charge in [-0.1, -0.05) is 33.6 Å². The Bertz CT molecular complexity index is 103.